The van der Waals surface area contributed by atoms with E-state index in [4.69, 9.17) is 0 Å². The fourth-order valence-corrected chi connectivity index (χ4v) is 2.70. The molecule has 0 saturated heterocycles. The molecule has 0 amide bonds. The maximum Gasteiger partial charge on any atom is 0.0541 e. The van der Waals surface area contributed by atoms with Crippen LogP contribution < -0.4 is 5.32 Å². The minimum absolute atomic E-state index is 0.705. The molecule has 0 aromatic carbocycles. The van der Waals surface area contributed by atoms with Gasteiger partial charge in [-0.3, -0.25) is 4.98 Å². The Hall–Kier alpha value is -0.890. The first-order chi connectivity index (χ1) is 8.28. The molecule has 1 aromatic rings. The van der Waals surface area contributed by atoms with Crippen molar-refractivity contribution in [2.75, 3.05) is 0 Å². The minimum atomic E-state index is 0.705. The fraction of sp³-hybridized carbons (Fsp3) is 0.667. The van der Waals surface area contributed by atoms with E-state index in [1.54, 1.807) is 0 Å². The van der Waals surface area contributed by atoms with Crippen LogP contribution in [-0.2, 0) is 6.54 Å². The van der Waals surface area contributed by atoms with Crippen LogP contribution in [0.1, 0.15) is 50.3 Å². The highest BCUT2D eigenvalue weighted by atomic mass is 14.9. The standard InChI is InChI=1S/C15H24N2/c1-3-13-5-4-6-14(9-13)17-11-15-8-7-12(2)10-16-15/h7-8,10,13-14,17H,3-6,9,11H2,1-2H3. The third-order valence-electron chi connectivity index (χ3n) is 3.90. The molecule has 17 heavy (non-hydrogen) atoms. The van der Waals surface area contributed by atoms with Crippen LogP contribution >= 0.6 is 0 Å². The molecule has 2 unspecified atom stereocenters. The predicted octanol–water partition coefficient (Wildman–Crippen LogP) is 3.45. The Balaban J connectivity index is 1.79. The molecule has 0 aliphatic heterocycles. The number of nitrogens with one attached hydrogen (secondary N) is 1. The van der Waals surface area contributed by atoms with Crippen LogP contribution in [-0.4, -0.2) is 11.0 Å². The summed E-state index contributed by atoms with van der Waals surface area (Å²) in [6.07, 6.45) is 8.79. The van der Waals surface area contributed by atoms with Crippen molar-refractivity contribution >= 4 is 0 Å². The summed E-state index contributed by atoms with van der Waals surface area (Å²) in [7, 11) is 0. The Labute approximate surface area is 105 Å². The number of nitrogens with zero attached hydrogens (tertiary/aromatic N) is 1. The molecular weight excluding hydrogens is 208 g/mol. The fourth-order valence-electron chi connectivity index (χ4n) is 2.70. The molecular formula is C15H24N2. The van der Waals surface area contributed by atoms with E-state index in [9.17, 15) is 0 Å². The average molecular weight is 232 g/mol. The molecule has 0 spiro atoms. The lowest BCUT2D eigenvalue weighted by Crippen LogP contribution is -2.33. The zero-order chi connectivity index (χ0) is 12.1. The zero-order valence-electron chi connectivity index (χ0n) is 11.1. The SMILES string of the molecule is CCC1CCCC(NCc2ccc(C)cn2)C1. The number of hydrogen-bond donors (Lipinski definition) is 1. The van der Waals surface area contributed by atoms with E-state index in [0.717, 1.165) is 18.2 Å². The first-order valence-corrected chi connectivity index (χ1v) is 6.93. The summed E-state index contributed by atoms with van der Waals surface area (Å²) in [6, 6.07) is 4.97. The number of pyridine rings is 1. The van der Waals surface area contributed by atoms with Gasteiger partial charge in [0.25, 0.3) is 0 Å². The molecule has 2 atom stereocenters. The van der Waals surface area contributed by atoms with Gasteiger partial charge in [-0.15, -0.1) is 0 Å². The van der Waals surface area contributed by atoms with E-state index in [1.807, 2.05) is 6.20 Å². The molecule has 1 saturated carbocycles. The van der Waals surface area contributed by atoms with Crippen molar-refractivity contribution in [2.24, 2.45) is 5.92 Å². The number of hydrogen-bond acceptors (Lipinski definition) is 2. The summed E-state index contributed by atoms with van der Waals surface area (Å²) in [5.41, 5.74) is 2.40. The van der Waals surface area contributed by atoms with Gasteiger partial charge in [-0.2, -0.15) is 0 Å². The summed E-state index contributed by atoms with van der Waals surface area (Å²) in [5, 5.41) is 3.66. The van der Waals surface area contributed by atoms with E-state index in [2.05, 4.69) is 36.3 Å². The van der Waals surface area contributed by atoms with Gasteiger partial charge in [-0.25, -0.2) is 0 Å². The maximum atomic E-state index is 4.44. The maximum absolute atomic E-state index is 4.44. The average Bonchev–Trinajstić information content (AvgIpc) is 2.38. The lowest BCUT2D eigenvalue weighted by atomic mass is 9.84. The van der Waals surface area contributed by atoms with Crippen LogP contribution in [0, 0.1) is 12.8 Å². The summed E-state index contributed by atoms with van der Waals surface area (Å²) in [6.45, 7) is 5.31. The smallest absolute Gasteiger partial charge is 0.0541 e. The summed E-state index contributed by atoms with van der Waals surface area (Å²) in [4.78, 5) is 4.44. The van der Waals surface area contributed by atoms with Gasteiger partial charge in [0.05, 0.1) is 5.69 Å². The molecule has 1 fully saturated rings. The molecule has 94 valence electrons. The summed E-state index contributed by atoms with van der Waals surface area (Å²) >= 11 is 0. The lowest BCUT2D eigenvalue weighted by molar-refractivity contribution is 0.278. The van der Waals surface area contributed by atoms with Gasteiger partial charge in [-0.05, 0) is 37.3 Å². The molecule has 1 N–H and O–H groups in total. The monoisotopic (exact) mass is 232 g/mol. The van der Waals surface area contributed by atoms with E-state index in [1.165, 1.54) is 37.7 Å². The Kier molecular flexibility index (Phi) is 4.55. The summed E-state index contributed by atoms with van der Waals surface area (Å²) in [5.74, 6) is 0.937. The molecule has 1 heterocycles. The van der Waals surface area contributed by atoms with Gasteiger partial charge in [0.15, 0.2) is 0 Å². The predicted molar refractivity (Wildman–Crippen MR) is 71.9 cm³/mol. The van der Waals surface area contributed by atoms with Gasteiger partial charge in [-0.1, -0.05) is 32.3 Å². The lowest BCUT2D eigenvalue weighted by Gasteiger charge is -2.29. The van der Waals surface area contributed by atoms with Crippen molar-refractivity contribution in [3.8, 4) is 0 Å². The molecule has 1 aromatic heterocycles. The van der Waals surface area contributed by atoms with Crippen LogP contribution in [0.4, 0.5) is 0 Å². The highest BCUT2D eigenvalue weighted by Gasteiger charge is 2.19. The van der Waals surface area contributed by atoms with Crippen molar-refractivity contribution in [2.45, 2.75) is 58.5 Å². The van der Waals surface area contributed by atoms with E-state index in [-0.39, 0.29) is 0 Å². The second-order valence-electron chi connectivity index (χ2n) is 5.35. The van der Waals surface area contributed by atoms with E-state index < -0.39 is 0 Å². The Morgan fingerprint density at radius 2 is 2.24 bits per heavy atom. The van der Waals surface area contributed by atoms with Crippen LogP contribution in [0.2, 0.25) is 0 Å². The topological polar surface area (TPSA) is 24.9 Å². The van der Waals surface area contributed by atoms with Gasteiger partial charge >= 0.3 is 0 Å². The number of rotatable bonds is 4. The van der Waals surface area contributed by atoms with Crippen molar-refractivity contribution in [3.05, 3.63) is 29.6 Å². The van der Waals surface area contributed by atoms with Gasteiger partial charge in [0, 0.05) is 18.8 Å². The van der Waals surface area contributed by atoms with Crippen LogP contribution in [0.5, 0.6) is 0 Å². The third-order valence-corrected chi connectivity index (χ3v) is 3.90. The third kappa shape index (κ3) is 3.81. The normalized spacial score (nSPS) is 24.8. The summed E-state index contributed by atoms with van der Waals surface area (Å²) < 4.78 is 0. The highest BCUT2D eigenvalue weighted by Crippen LogP contribution is 2.26. The molecule has 0 radical (unpaired) electrons. The molecule has 1 aliphatic rings. The van der Waals surface area contributed by atoms with Crippen molar-refractivity contribution < 1.29 is 0 Å². The van der Waals surface area contributed by atoms with Gasteiger partial charge in [0.2, 0.25) is 0 Å². The number of aromatic nitrogens is 1. The van der Waals surface area contributed by atoms with E-state index in [0.29, 0.717) is 6.04 Å². The Morgan fingerprint density at radius 3 is 2.94 bits per heavy atom. The van der Waals surface area contributed by atoms with Crippen molar-refractivity contribution in [1.82, 2.24) is 10.3 Å². The quantitative estimate of drug-likeness (QED) is 0.860. The van der Waals surface area contributed by atoms with E-state index >= 15 is 0 Å². The molecule has 2 nitrogen and oxygen atoms in total. The van der Waals surface area contributed by atoms with Crippen molar-refractivity contribution in [3.63, 3.8) is 0 Å². The first-order valence-electron chi connectivity index (χ1n) is 6.93. The zero-order valence-corrected chi connectivity index (χ0v) is 11.1. The van der Waals surface area contributed by atoms with Gasteiger partial charge in [0.1, 0.15) is 0 Å². The largest absolute Gasteiger partial charge is 0.308 e. The molecule has 2 heteroatoms. The van der Waals surface area contributed by atoms with Crippen LogP contribution in [0.25, 0.3) is 0 Å². The number of aryl methyl sites for hydroxylation is 1. The van der Waals surface area contributed by atoms with Crippen LogP contribution in [0.3, 0.4) is 0 Å². The molecule has 2 rings (SSSR count). The second kappa shape index (κ2) is 6.15. The van der Waals surface area contributed by atoms with Crippen LogP contribution in [0.15, 0.2) is 18.3 Å². The molecule has 1 aliphatic carbocycles. The Bertz CT molecular complexity index is 331. The Morgan fingerprint density at radius 1 is 1.35 bits per heavy atom. The second-order valence-corrected chi connectivity index (χ2v) is 5.35. The highest BCUT2D eigenvalue weighted by molar-refractivity contribution is 5.12. The van der Waals surface area contributed by atoms with Gasteiger partial charge < -0.3 is 5.32 Å². The minimum Gasteiger partial charge on any atom is -0.308 e. The van der Waals surface area contributed by atoms with Crippen molar-refractivity contribution in [1.29, 1.82) is 0 Å². The first kappa shape index (κ1) is 12.6. The molecule has 0 bridgehead atoms.